The standard InChI is InChI=1S/C16H23N3OS2/c1-10(18-14(20)8-21-15-19-17-9-22-15)16-5-11-2-12(6-16)4-13(3-11)7-16/h9-13H,2-8H2,1H3,(H,18,20). The van der Waals surface area contributed by atoms with Gasteiger partial charge in [0.25, 0.3) is 0 Å². The lowest BCUT2D eigenvalue weighted by Gasteiger charge is -2.59. The molecule has 4 saturated carbocycles. The van der Waals surface area contributed by atoms with Gasteiger partial charge in [-0.1, -0.05) is 23.1 Å². The van der Waals surface area contributed by atoms with Gasteiger partial charge in [0.1, 0.15) is 5.51 Å². The summed E-state index contributed by atoms with van der Waals surface area (Å²) in [5, 5.41) is 11.1. The lowest BCUT2D eigenvalue weighted by Crippen LogP contribution is -2.56. The SMILES string of the molecule is CC(NC(=O)CSc1nncs1)C12CC3CC(CC(C3)C1)C2. The predicted molar refractivity (Wildman–Crippen MR) is 88.8 cm³/mol. The smallest absolute Gasteiger partial charge is 0.230 e. The van der Waals surface area contributed by atoms with Crippen molar-refractivity contribution in [1.82, 2.24) is 15.5 Å². The molecule has 4 nitrogen and oxygen atoms in total. The molecule has 5 rings (SSSR count). The molecule has 120 valence electrons. The first-order valence-corrected chi connectivity index (χ1v) is 10.2. The van der Waals surface area contributed by atoms with Crippen molar-refractivity contribution in [1.29, 1.82) is 0 Å². The first-order valence-electron chi connectivity index (χ1n) is 8.31. The van der Waals surface area contributed by atoms with E-state index in [1.807, 2.05) is 0 Å². The Balaban J connectivity index is 1.35. The lowest BCUT2D eigenvalue weighted by molar-refractivity contribution is -0.123. The monoisotopic (exact) mass is 337 g/mol. The van der Waals surface area contributed by atoms with Crippen molar-refractivity contribution in [3.63, 3.8) is 0 Å². The van der Waals surface area contributed by atoms with Crippen LogP contribution in [0, 0.1) is 23.2 Å². The van der Waals surface area contributed by atoms with Gasteiger partial charge in [0.2, 0.25) is 5.91 Å². The first kappa shape index (κ1) is 14.9. The van der Waals surface area contributed by atoms with Gasteiger partial charge in [-0.3, -0.25) is 4.79 Å². The summed E-state index contributed by atoms with van der Waals surface area (Å²) < 4.78 is 0.873. The van der Waals surface area contributed by atoms with Crippen molar-refractivity contribution in [2.75, 3.05) is 5.75 Å². The molecule has 1 atom stereocenters. The Morgan fingerprint density at radius 2 is 2.00 bits per heavy atom. The molecule has 1 amide bonds. The summed E-state index contributed by atoms with van der Waals surface area (Å²) in [6, 6.07) is 0.309. The van der Waals surface area contributed by atoms with Crippen LogP contribution >= 0.6 is 23.1 Å². The molecule has 1 aromatic heterocycles. The van der Waals surface area contributed by atoms with Crippen LogP contribution in [-0.2, 0) is 4.79 Å². The average molecular weight is 338 g/mol. The zero-order chi connectivity index (χ0) is 15.2. The molecule has 4 fully saturated rings. The summed E-state index contributed by atoms with van der Waals surface area (Å²) >= 11 is 2.98. The van der Waals surface area contributed by atoms with E-state index in [4.69, 9.17) is 0 Å². The number of carbonyl (C=O) groups excluding carboxylic acids is 1. The maximum absolute atomic E-state index is 12.3. The van der Waals surface area contributed by atoms with Crippen LogP contribution in [0.25, 0.3) is 0 Å². The van der Waals surface area contributed by atoms with Gasteiger partial charge in [-0.2, -0.15) is 0 Å². The molecule has 1 heterocycles. The fourth-order valence-electron chi connectivity index (χ4n) is 5.50. The number of nitrogens with one attached hydrogen (secondary N) is 1. The molecule has 1 N–H and O–H groups in total. The molecule has 0 spiro atoms. The highest BCUT2D eigenvalue weighted by Gasteiger charge is 2.53. The number of hydrogen-bond acceptors (Lipinski definition) is 5. The molecule has 4 aliphatic carbocycles. The lowest BCUT2D eigenvalue weighted by atomic mass is 9.48. The molecule has 4 bridgehead atoms. The van der Waals surface area contributed by atoms with Gasteiger partial charge in [-0.05, 0) is 68.6 Å². The highest BCUT2D eigenvalue weighted by molar-refractivity contribution is 8.01. The summed E-state index contributed by atoms with van der Waals surface area (Å²) in [6.45, 7) is 2.24. The van der Waals surface area contributed by atoms with Crippen molar-refractivity contribution in [2.45, 2.75) is 55.8 Å². The predicted octanol–water partition coefficient (Wildman–Crippen LogP) is 3.35. The second-order valence-electron chi connectivity index (χ2n) is 7.56. The maximum Gasteiger partial charge on any atom is 0.230 e. The van der Waals surface area contributed by atoms with Crippen LogP contribution in [0.4, 0.5) is 0 Å². The van der Waals surface area contributed by atoms with Crippen molar-refractivity contribution in [3.8, 4) is 0 Å². The van der Waals surface area contributed by atoms with Crippen LogP contribution in [0.3, 0.4) is 0 Å². The number of carbonyl (C=O) groups is 1. The largest absolute Gasteiger partial charge is 0.352 e. The van der Waals surface area contributed by atoms with Crippen LogP contribution < -0.4 is 5.32 Å². The number of rotatable bonds is 5. The van der Waals surface area contributed by atoms with E-state index in [0.29, 0.717) is 17.2 Å². The third kappa shape index (κ3) is 2.80. The average Bonchev–Trinajstić information content (AvgIpc) is 2.97. The number of aromatic nitrogens is 2. The Kier molecular flexibility index (Phi) is 3.93. The highest BCUT2D eigenvalue weighted by Crippen LogP contribution is 2.61. The van der Waals surface area contributed by atoms with Crippen LogP contribution in [0.15, 0.2) is 9.85 Å². The fraction of sp³-hybridized carbons (Fsp3) is 0.812. The van der Waals surface area contributed by atoms with Crippen LogP contribution in [0.5, 0.6) is 0 Å². The minimum atomic E-state index is 0.142. The van der Waals surface area contributed by atoms with E-state index >= 15 is 0 Å². The van der Waals surface area contributed by atoms with E-state index in [1.165, 1.54) is 61.6 Å². The zero-order valence-corrected chi connectivity index (χ0v) is 14.6. The van der Waals surface area contributed by atoms with E-state index in [2.05, 4.69) is 22.4 Å². The van der Waals surface area contributed by atoms with Gasteiger partial charge in [0, 0.05) is 6.04 Å². The molecule has 1 unspecified atom stereocenters. The highest BCUT2D eigenvalue weighted by atomic mass is 32.2. The Morgan fingerprint density at radius 3 is 2.55 bits per heavy atom. The Hall–Kier alpha value is -0.620. The normalized spacial score (nSPS) is 37.2. The minimum Gasteiger partial charge on any atom is -0.352 e. The Morgan fingerprint density at radius 1 is 1.36 bits per heavy atom. The number of amides is 1. The Bertz CT molecular complexity index is 510. The van der Waals surface area contributed by atoms with Gasteiger partial charge in [0.05, 0.1) is 5.75 Å². The molecular weight excluding hydrogens is 314 g/mol. The second kappa shape index (κ2) is 5.78. The minimum absolute atomic E-state index is 0.142. The van der Waals surface area contributed by atoms with Crippen LogP contribution in [0.2, 0.25) is 0 Å². The van der Waals surface area contributed by atoms with E-state index < -0.39 is 0 Å². The molecular formula is C16H23N3OS2. The maximum atomic E-state index is 12.3. The quantitative estimate of drug-likeness (QED) is 0.837. The van der Waals surface area contributed by atoms with Gasteiger partial charge < -0.3 is 5.32 Å². The third-order valence-corrected chi connectivity index (χ3v) is 7.91. The van der Waals surface area contributed by atoms with Crippen molar-refractivity contribution in [3.05, 3.63) is 5.51 Å². The summed E-state index contributed by atoms with van der Waals surface area (Å²) in [5.74, 6) is 3.39. The molecule has 6 heteroatoms. The first-order chi connectivity index (χ1) is 10.6. The van der Waals surface area contributed by atoms with Gasteiger partial charge in [-0.25, -0.2) is 0 Å². The molecule has 4 aliphatic rings. The molecule has 0 aromatic carbocycles. The molecule has 0 radical (unpaired) electrons. The van der Waals surface area contributed by atoms with E-state index in [1.54, 1.807) is 5.51 Å². The number of hydrogen-bond donors (Lipinski definition) is 1. The van der Waals surface area contributed by atoms with Gasteiger partial charge >= 0.3 is 0 Å². The summed E-state index contributed by atoms with van der Waals surface area (Å²) in [6.07, 6.45) is 8.37. The molecule has 1 aromatic rings. The third-order valence-electron chi connectivity index (χ3n) is 6.05. The molecule has 22 heavy (non-hydrogen) atoms. The second-order valence-corrected chi connectivity index (χ2v) is 9.62. The summed E-state index contributed by atoms with van der Waals surface area (Å²) in [7, 11) is 0. The number of thioether (sulfide) groups is 1. The van der Waals surface area contributed by atoms with Crippen LogP contribution in [0.1, 0.15) is 45.4 Å². The molecule has 0 saturated heterocycles. The summed E-state index contributed by atoms with van der Waals surface area (Å²) in [4.78, 5) is 12.3. The molecule has 0 aliphatic heterocycles. The van der Waals surface area contributed by atoms with Gasteiger partial charge in [-0.15, -0.1) is 10.2 Å². The van der Waals surface area contributed by atoms with Crippen LogP contribution in [-0.4, -0.2) is 27.9 Å². The Labute approximate surface area is 139 Å². The fourth-order valence-corrected chi connectivity index (χ4v) is 6.80. The van der Waals surface area contributed by atoms with Crippen molar-refractivity contribution < 1.29 is 4.79 Å². The van der Waals surface area contributed by atoms with Gasteiger partial charge in [0.15, 0.2) is 4.34 Å². The summed E-state index contributed by atoms with van der Waals surface area (Å²) in [5.41, 5.74) is 2.09. The van der Waals surface area contributed by atoms with E-state index in [0.717, 1.165) is 22.1 Å². The van der Waals surface area contributed by atoms with Crippen molar-refractivity contribution >= 4 is 29.0 Å². The zero-order valence-electron chi connectivity index (χ0n) is 13.0. The van der Waals surface area contributed by atoms with E-state index in [9.17, 15) is 4.79 Å². The van der Waals surface area contributed by atoms with E-state index in [-0.39, 0.29) is 5.91 Å². The van der Waals surface area contributed by atoms with Crippen molar-refractivity contribution in [2.24, 2.45) is 23.2 Å². The number of nitrogens with zero attached hydrogens (tertiary/aromatic N) is 2. The topological polar surface area (TPSA) is 54.9 Å².